The fraction of sp³-hybridized carbons (Fsp3) is 0.545. The topological polar surface area (TPSA) is 96.6 Å². The maximum Gasteiger partial charge on any atom is 0.328 e. The first kappa shape index (κ1) is 14.7. The van der Waals surface area contributed by atoms with Crippen LogP contribution in [0.5, 0.6) is 0 Å². The lowest BCUT2D eigenvalue weighted by Gasteiger charge is -2.02. The molecule has 0 aliphatic carbocycles. The SMILES string of the molecule is CCCCCCNC(=O)c1coc(S(=O)(=O)O)c1. The van der Waals surface area contributed by atoms with Gasteiger partial charge in [-0.3, -0.25) is 9.35 Å². The summed E-state index contributed by atoms with van der Waals surface area (Å²) in [6.45, 7) is 2.63. The van der Waals surface area contributed by atoms with E-state index in [1.807, 2.05) is 0 Å². The molecule has 18 heavy (non-hydrogen) atoms. The molecule has 0 saturated heterocycles. The van der Waals surface area contributed by atoms with Gasteiger partial charge in [-0.15, -0.1) is 0 Å². The summed E-state index contributed by atoms with van der Waals surface area (Å²) in [5, 5.41) is 2.02. The summed E-state index contributed by atoms with van der Waals surface area (Å²) in [7, 11) is -4.39. The molecule has 0 atom stereocenters. The van der Waals surface area contributed by atoms with E-state index in [9.17, 15) is 13.2 Å². The molecule has 0 fully saturated rings. The van der Waals surface area contributed by atoms with Crippen molar-refractivity contribution < 1.29 is 22.2 Å². The minimum atomic E-state index is -4.39. The second-order valence-electron chi connectivity index (χ2n) is 3.95. The predicted octanol–water partition coefficient (Wildman–Crippen LogP) is 1.84. The minimum Gasteiger partial charge on any atom is -0.450 e. The van der Waals surface area contributed by atoms with Gasteiger partial charge in [0.2, 0.25) is 5.09 Å². The maximum absolute atomic E-state index is 11.6. The molecule has 1 aromatic heterocycles. The van der Waals surface area contributed by atoms with E-state index in [2.05, 4.69) is 16.7 Å². The van der Waals surface area contributed by atoms with E-state index in [0.717, 1.165) is 38.0 Å². The molecule has 0 saturated carbocycles. The van der Waals surface area contributed by atoms with Gasteiger partial charge in [-0.1, -0.05) is 26.2 Å². The average Bonchev–Trinajstić information content (AvgIpc) is 2.77. The second kappa shape index (κ2) is 6.55. The summed E-state index contributed by atoms with van der Waals surface area (Å²) in [4.78, 5) is 11.6. The van der Waals surface area contributed by atoms with E-state index in [1.165, 1.54) is 0 Å². The second-order valence-corrected chi connectivity index (χ2v) is 5.30. The zero-order chi connectivity index (χ0) is 13.6. The van der Waals surface area contributed by atoms with Crippen LogP contribution in [0.3, 0.4) is 0 Å². The van der Waals surface area contributed by atoms with Crippen molar-refractivity contribution in [2.75, 3.05) is 6.54 Å². The molecule has 1 aromatic rings. The molecular weight excluding hydrogens is 258 g/mol. The van der Waals surface area contributed by atoms with Gasteiger partial charge in [0.1, 0.15) is 6.26 Å². The summed E-state index contributed by atoms with van der Waals surface area (Å²) >= 11 is 0. The summed E-state index contributed by atoms with van der Waals surface area (Å²) in [6.07, 6.45) is 5.16. The number of carbonyl (C=O) groups excluding carboxylic acids is 1. The Kier molecular flexibility index (Phi) is 5.36. The number of nitrogens with one attached hydrogen (secondary N) is 1. The summed E-state index contributed by atoms with van der Waals surface area (Å²) in [5.41, 5.74) is 0.0816. The molecule has 0 aromatic carbocycles. The molecule has 2 N–H and O–H groups in total. The monoisotopic (exact) mass is 275 g/mol. The predicted molar refractivity (Wildman–Crippen MR) is 65.0 cm³/mol. The molecule has 0 bridgehead atoms. The Morgan fingerprint density at radius 1 is 1.39 bits per heavy atom. The highest BCUT2D eigenvalue weighted by atomic mass is 32.2. The first-order valence-electron chi connectivity index (χ1n) is 5.79. The molecule has 1 amide bonds. The Morgan fingerprint density at radius 3 is 2.67 bits per heavy atom. The van der Waals surface area contributed by atoms with Crippen molar-refractivity contribution in [3.63, 3.8) is 0 Å². The third-order valence-electron chi connectivity index (χ3n) is 2.41. The van der Waals surface area contributed by atoms with Gasteiger partial charge in [-0.2, -0.15) is 8.42 Å². The van der Waals surface area contributed by atoms with Crippen molar-refractivity contribution in [3.8, 4) is 0 Å². The lowest BCUT2D eigenvalue weighted by Crippen LogP contribution is -2.23. The van der Waals surface area contributed by atoms with Crippen molar-refractivity contribution in [3.05, 3.63) is 17.9 Å². The Bertz CT molecular complexity index is 491. The van der Waals surface area contributed by atoms with Crippen LogP contribution in [-0.4, -0.2) is 25.4 Å². The zero-order valence-corrected chi connectivity index (χ0v) is 11.0. The van der Waals surface area contributed by atoms with E-state index < -0.39 is 21.1 Å². The van der Waals surface area contributed by atoms with E-state index in [0.29, 0.717) is 6.54 Å². The molecule has 0 spiro atoms. The van der Waals surface area contributed by atoms with Gasteiger partial charge in [0.25, 0.3) is 5.91 Å². The smallest absolute Gasteiger partial charge is 0.328 e. The van der Waals surface area contributed by atoms with E-state index in [-0.39, 0.29) is 5.56 Å². The highest BCUT2D eigenvalue weighted by Crippen LogP contribution is 2.13. The van der Waals surface area contributed by atoms with Gasteiger partial charge < -0.3 is 9.73 Å². The number of rotatable bonds is 7. The number of unbranched alkanes of at least 4 members (excludes halogenated alkanes) is 3. The average molecular weight is 275 g/mol. The third-order valence-corrected chi connectivity index (χ3v) is 3.13. The fourth-order valence-corrected chi connectivity index (χ4v) is 1.87. The molecule has 0 unspecified atom stereocenters. The molecule has 7 heteroatoms. The first-order chi connectivity index (χ1) is 8.45. The third kappa shape index (κ3) is 4.50. The summed E-state index contributed by atoms with van der Waals surface area (Å²) in [5.74, 6) is -0.412. The Hall–Kier alpha value is -1.34. The van der Waals surface area contributed by atoms with E-state index in [4.69, 9.17) is 4.55 Å². The standard InChI is InChI=1S/C11H17NO5S/c1-2-3-4-5-6-12-11(13)9-7-10(17-8-9)18(14,15)16/h7-8H,2-6H2,1H3,(H,12,13)(H,14,15,16). The molecule has 6 nitrogen and oxygen atoms in total. The number of amides is 1. The molecule has 1 heterocycles. The van der Waals surface area contributed by atoms with Gasteiger partial charge in [-0.25, -0.2) is 0 Å². The molecule has 0 aliphatic heterocycles. The fourth-order valence-electron chi connectivity index (χ4n) is 1.43. The van der Waals surface area contributed by atoms with Crippen molar-refractivity contribution >= 4 is 16.0 Å². The van der Waals surface area contributed by atoms with Crippen molar-refractivity contribution in [2.24, 2.45) is 0 Å². The lowest BCUT2D eigenvalue weighted by atomic mass is 10.2. The molecule has 1 rings (SSSR count). The molecule has 102 valence electrons. The van der Waals surface area contributed by atoms with Crippen molar-refractivity contribution in [2.45, 2.75) is 37.7 Å². The lowest BCUT2D eigenvalue weighted by molar-refractivity contribution is 0.0952. The Labute approximate surface area is 106 Å². The highest BCUT2D eigenvalue weighted by molar-refractivity contribution is 7.85. The number of hydrogen-bond donors (Lipinski definition) is 2. The number of hydrogen-bond acceptors (Lipinski definition) is 4. The molecular formula is C11H17NO5S. The van der Waals surface area contributed by atoms with Crippen LogP contribution >= 0.6 is 0 Å². The van der Waals surface area contributed by atoms with Gasteiger partial charge in [0, 0.05) is 12.6 Å². The van der Waals surface area contributed by atoms with Crippen LogP contribution in [-0.2, 0) is 10.1 Å². The van der Waals surface area contributed by atoms with Gasteiger partial charge in [0.15, 0.2) is 0 Å². The maximum atomic E-state index is 11.6. The first-order valence-corrected chi connectivity index (χ1v) is 7.23. The van der Waals surface area contributed by atoms with Crippen LogP contribution in [0, 0.1) is 0 Å². The van der Waals surface area contributed by atoms with Crippen molar-refractivity contribution in [1.29, 1.82) is 0 Å². The largest absolute Gasteiger partial charge is 0.450 e. The number of furan rings is 1. The minimum absolute atomic E-state index is 0.0816. The van der Waals surface area contributed by atoms with E-state index in [1.54, 1.807) is 0 Å². The highest BCUT2D eigenvalue weighted by Gasteiger charge is 2.17. The normalized spacial score (nSPS) is 11.4. The van der Waals surface area contributed by atoms with Crippen LogP contribution in [0.2, 0.25) is 0 Å². The van der Waals surface area contributed by atoms with Crippen LogP contribution in [0.25, 0.3) is 0 Å². The van der Waals surface area contributed by atoms with Gasteiger partial charge in [-0.05, 0) is 6.42 Å². The molecule has 0 radical (unpaired) electrons. The van der Waals surface area contributed by atoms with Gasteiger partial charge in [0.05, 0.1) is 5.56 Å². The van der Waals surface area contributed by atoms with Crippen LogP contribution < -0.4 is 5.32 Å². The quantitative estimate of drug-likeness (QED) is 0.584. The molecule has 0 aliphatic rings. The Balaban J connectivity index is 2.45. The van der Waals surface area contributed by atoms with Gasteiger partial charge >= 0.3 is 10.1 Å². The Morgan fingerprint density at radius 2 is 2.11 bits per heavy atom. The van der Waals surface area contributed by atoms with Crippen molar-refractivity contribution in [1.82, 2.24) is 5.32 Å². The number of carbonyl (C=O) groups is 1. The van der Waals surface area contributed by atoms with Crippen LogP contribution in [0.4, 0.5) is 0 Å². The zero-order valence-electron chi connectivity index (χ0n) is 10.2. The summed E-state index contributed by atoms with van der Waals surface area (Å²) in [6, 6.07) is 0.997. The van der Waals surface area contributed by atoms with Crippen LogP contribution in [0.1, 0.15) is 43.0 Å². The van der Waals surface area contributed by atoms with Crippen LogP contribution in [0.15, 0.2) is 21.8 Å². The summed E-state index contributed by atoms with van der Waals surface area (Å²) < 4.78 is 34.8. The van der Waals surface area contributed by atoms with E-state index >= 15 is 0 Å².